The number of amides is 1. The van der Waals surface area contributed by atoms with E-state index in [1.54, 1.807) is 30.9 Å². The van der Waals surface area contributed by atoms with Crippen molar-refractivity contribution in [1.82, 2.24) is 9.47 Å². The number of rotatable bonds is 3. The minimum atomic E-state index is -0.0340. The predicted octanol–water partition coefficient (Wildman–Crippen LogP) is 0.0686. The van der Waals surface area contributed by atoms with E-state index in [4.69, 9.17) is 5.11 Å². The molecule has 0 bridgehead atoms. The van der Waals surface area contributed by atoms with Crippen LogP contribution in [0.1, 0.15) is 5.69 Å². The van der Waals surface area contributed by atoms with E-state index in [-0.39, 0.29) is 19.1 Å². The Bertz CT molecular complexity index is 292. The Labute approximate surface area is 77.4 Å². The van der Waals surface area contributed by atoms with Crippen LogP contribution in [0.25, 0.3) is 0 Å². The van der Waals surface area contributed by atoms with Gasteiger partial charge in [0.25, 0.3) is 0 Å². The molecule has 0 spiro atoms. The van der Waals surface area contributed by atoms with Crippen LogP contribution in [0.4, 0.5) is 0 Å². The van der Waals surface area contributed by atoms with E-state index in [9.17, 15) is 4.79 Å². The lowest BCUT2D eigenvalue weighted by Crippen LogP contribution is -2.26. The minimum absolute atomic E-state index is 0.0194. The number of aliphatic hydroxyl groups excluding tert-OH is 1. The van der Waals surface area contributed by atoms with Crippen molar-refractivity contribution in [2.24, 2.45) is 0 Å². The van der Waals surface area contributed by atoms with Crippen LogP contribution >= 0.6 is 0 Å². The summed E-state index contributed by atoms with van der Waals surface area (Å²) < 4.78 is 1.74. The van der Waals surface area contributed by atoms with Crippen LogP contribution in [0.5, 0.6) is 0 Å². The highest BCUT2D eigenvalue weighted by molar-refractivity contribution is 5.75. The first kappa shape index (κ1) is 9.80. The second kappa shape index (κ2) is 4.09. The molecule has 0 aliphatic heterocycles. The SMILES string of the molecule is CN(C)C(=O)Cn1cccc1CO. The summed E-state index contributed by atoms with van der Waals surface area (Å²) in [7, 11) is 3.43. The fourth-order valence-corrected chi connectivity index (χ4v) is 1.03. The Morgan fingerprint density at radius 1 is 1.62 bits per heavy atom. The normalized spacial score (nSPS) is 10.1. The Hall–Kier alpha value is -1.29. The van der Waals surface area contributed by atoms with Crippen LogP contribution in [-0.2, 0) is 17.9 Å². The highest BCUT2D eigenvalue weighted by atomic mass is 16.3. The molecule has 4 heteroatoms. The van der Waals surface area contributed by atoms with Crippen LogP contribution in [0, 0.1) is 0 Å². The van der Waals surface area contributed by atoms with E-state index >= 15 is 0 Å². The fraction of sp³-hybridized carbons (Fsp3) is 0.444. The average Bonchev–Trinajstić information content (AvgIpc) is 2.51. The fourth-order valence-electron chi connectivity index (χ4n) is 1.03. The Balaban J connectivity index is 2.68. The van der Waals surface area contributed by atoms with Crippen molar-refractivity contribution in [3.63, 3.8) is 0 Å². The van der Waals surface area contributed by atoms with Gasteiger partial charge in [-0.2, -0.15) is 0 Å². The van der Waals surface area contributed by atoms with Crippen molar-refractivity contribution in [3.8, 4) is 0 Å². The van der Waals surface area contributed by atoms with E-state index in [2.05, 4.69) is 0 Å². The molecule has 72 valence electrons. The standard InChI is InChI=1S/C9H14N2O2/c1-10(2)9(13)6-11-5-3-4-8(11)7-12/h3-5,12H,6-7H2,1-2H3. The molecule has 0 saturated carbocycles. The Kier molecular flexibility index (Phi) is 3.08. The molecule has 1 N–H and O–H groups in total. The Morgan fingerprint density at radius 3 is 2.85 bits per heavy atom. The first-order chi connectivity index (χ1) is 6.15. The average molecular weight is 182 g/mol. The van der Waals surface area contributed by atoms with Crippen LogP contribution in [0.15, 0.2) is 18.3 Å². The van der Waals surface area contributed by atoms with Crippen molar-refractivity contribution in [2.45, 2.75) is 13.2 Å². The highest BCUT2D eigenvalue weighted by Crippen LogP contribution is 2.02. The van der Waals surface area contributed by atoms with Gasteiger partial charge in [0.15, 0.2) is 0 Å². The topological polar surface area (TPSA) is 45.5 Å². The zero-order chi connectivity index (χ0) is 9.84. The summed E-state index contributed by atoms with van der Waals surface area (Å²) >= 11 is 0. The van der Waals surface area contributed by atoms with Gasteiger partial charge in [-0.15, -0.1) is 0 Å². The van der Waals surface area contributed by atoms with E-state index in [0.717, 1.165) is 5.69 Å². The second-order valence-electron chi connectivity index (χ2n) is 3.07. The van der Waals surface area contributed by atoms with Crippen molar-refractivity contribution in [2.75, 3.05) is 14.1 Å². The summed E-state index contributed by atoms with van der Waals surface area (Å²) in [6.07, 6.45) is 1.78. The molecule has 0 aliphatic rings. The molecule has 1 amide bonds. The predicted molar refractivity (Wildman–Crippen MR) is 49.0 cm³/mol. The summed E-state index contributed by atoms with van der Waals surface area (Å²) in [4.78, 5) is 12.8. The van der Waals surface area contributed by atoms with Crippen molar-refractivity contribution < 1.29 is 9.90 Å². The second-order valence-corrected chi connectivity index (χ2v) is 3.07. The van der Waals surface area contributed by atoms with Gasteiger partial charge in [0.2, 0.25) is 5.91 Å². The first-order valence-corrected chi connectivity index (χ1v) is 4.10. The molecule has 1 aromatic heterocycles. The van der Waals surface area contributed by atoms with Gasteiger partial charge in [0.1, 0.15) is 6.54 Å². The largest absolute Gasteiger partial charge is 0.390 e. The van der Waals surface area contributed by atoms with Gasteiger partial charge in [-0.3, -0.25) is 4.79 Å². The first-order valence-electron chi connectivity index (χ1n) is 4.10. The van der Waals surface area contributed by atoms with E-state index in [0.29, 0.717) is 0 Å². The van der Waals surface area contributed by atoms with Gasteiger partial charge in [0.05, 0.1) is 6.61 Å². The minimum Gasteiger partial charge on any atom is -0.390 e. The zero-order valence-electron chi connectivity index (χ0n) is 7.90. The van der Waals surface area contributed by atoms with Gasteiger partial charge < -0.3 is 14.6 Å². The maximum atomic E-state index is 11.3. The number of hydrogen-bond donors (Lipinski definition) is 1. The number of nitrogens with zero attached hydrogens (tertiary/aromatic N) is 2. The lowest BCUT2D eigenvalue weighted by molar-refractivity contribution is -0.129. The quantitative estimate of drug-likeness (QED) is 0.719. The summed E-state index contributed by atoms with van der Waals surface area (Å²) in [5.41, 5.74) is 0.759. The van der Waals surface area contributed by atoms with Crippen LogP contribution < -0.4 is 0 Å². The molecule has 13 heavy (non-hydrogen) atoms. The number of likely N-dealkylation sites (N-methyl/N-ethyl adjacent to an activating group) is 1. The molecule has 1 aromatic rings. The molecule has 0 aliphatic carbocycles. The summed E-state index contributed by atoms with van der Waals surface area (Å²) in [5, 5.41) is 8.91. The smallest absolute Gasteiger partial charge is 0.241 e. The van der Waals surface area contributed by atoms with Crippen LogP contribution in [-0.4, -0.2) is 34.6 Å². The summed E-state index contributed by atoms with van der Waals surface area (Å²) in [5.74, 6) is 0.0194. The van der Waals surface area contributed by atoms with E-state index in [1.165, 1.54) is 4.90 Å². The number of carbonyl (C=O) groups excluding carboxylic acids is 1. The van der Waals surface area contributed by atoms with Gasteiger partial charge in [-0.05, 0) is 12.1 Å². The van der Waals surface area contributed by atoms with Crippen molar-refractivity contribution >= 4 is 5.91 Å². The van der Waals surface area contributed by atoms with E-state index < -0.39 is 0 Å². The number of carbonyl (C=O) groups is 1. The van der Waals surface area contributed by atoms with Gasteiger partial charge in [-0.1, -0.05) is 0 Å². The molecular weight excluding hydrogens is 168 g/mol. The maximum Gasteiger partial charge on any atom is 0.241 e. The molecule has 1 rings (SSSR count). The van der Waals surface area contributed by atoms with Gasteiger partial charge in [-0.25, -0.2) is 0 Å². The van der Waals surface area contributed by atoms with Crippen molar-refractivity contribution in [1.29, 1.82) is 0 Å². The van der Waals surface area contributed by atoms with E-state index in [1.807, 2.05) is 6.07 Å². The molecule has 0 unspecified atom stereocenters. The van der Waals surface area contributed by atoms with Crippen molar-refractivity contribution in [3.05, 3.63) is 24.0 Å². The zero-order valence-corrected chi connectivity index (χ0v) is 7.90. The molecule has 0 saturated heterocycles. The monoisotopic (exact) mass is 182 g/mol. The molecule has 0 radical (unpaired) electrons. The lowest BCUT2D eigenvalue weighted by Gasteiger charge is -2.12. The van der Waals surface area contributed by atoms with Crippen LogP contribution in [0.2, 0.25) is 0 Å². The molecule has 0 fully saturated rings. The summed E-state index contributed by atoms with van der Waals surface area (Å²) in [6, 6.07) is 3.61. The highest BCUT2D eigenvalue weighted by Gasteiger charge is 2.06. The number of hydrogen-bond acceptors (Lipinski definition) is 2. The third-order valence-electron chi connectivity index (χ3n) is 1.89. The molecular formula is C9H14N2O2. The third kappa shape index (κ3) is 2.32. The lowest BCUT2D eigenvalue weighted by atomic mass is 10.4. The number of aromatic nitrogens is 1. The van der Waals surface area contributed by atoms with Gasteiger partial charge >= 0.3 is 0 Å². The molecule has 1 heterocycles. The third-order valence-corrected chi connectivity index (χ3v) is 1.89. The maximum absolute atomic E-state index is 11.3. The molecule has 0 atom stereocenters. The molecule has 0 aromatic carbocycles. The Morgan fingerprint density at radius 2 is 2.31 bits per heavy atom. The number of aliphatic hydroxyl groups is 1. The molecule has 4 nitrogen and oxygen atoms in total. The summed E-state index contributed by atoms with van der Waals surface area (Å²) in [6.45, 7) is 0.254. The van der Waals surface area contributed by atoms with Crippen LogP contribution in [0.3, 0.4) is 0 Å². The van der Waals surface area contributed by atoms with Gasteiger partial charge in [0, 0.05) is 26.0 Å².